The van der Waals surface area contributed by atoms with Crippen molar-refractivity contribution in [3.8, 4) is 0 Å². The zero-order chi connectivity index (χ0) is 18.6. The summed E-state index contributed by atoms with van der Waals surface area (Å²) >= 11 is 0. The van der Waals surface area contributed by atoms with Crippen molar-refractivity contribution in [3.05, 3.63) is 60.6 Å². The standard InChI is InChI=1S/C19H22N4O2S.H2/c1-3-10-15(4-2)26(24,25)22-18-19(23-13-8-5-9-14-23)21-17-12-7-6-11-16(17)20-18;/h3-4,6-7,10-12H,1-2,5,8-9,13-14H2,(H,20,22);1H/b15-10+;. The molecule has 1 aromatic heterocycles. The van der Waals surface area contributed by atoms with Crippen LogP contribution >= 0.6 is 0 Å². The van der Waals surface area contributed by atoms with E-state index in [4.69, 9.17) is 0 Å². The molecule has 0 spiro atoms. The Morgan fingerprint density at radius 1 is 1.12 bits per heavy atom. The number of aromatic nitrogens is 2. The maximum absolute atomic E-state index is 12.7. The van der Waals surface area contributed by atoms with E-state index in [0.29, 0.717) is 11.3 Å². The van der Waals surface area contributed by atoms with Gasteiger partial charge in [0.1, 0.15) is 0 Å². The van der Waals surface area contributed by atoms with E-state index in [2.05, 4.69) is 32.7 Å². The van der Waals surface area contributed by atoms with Crippen LogP contribution in [0.3, 0.4) is 0 Å². The topological polar surface area (TPSA) is 75.2 Å². The van der Waals surface area contributed by atoms with E-state index in [-0.39, 0.29) is 12.1 Å². The lowest BCUT2D eigenvalue weighted by atomic mass is 10.1. The zero-order valence-corrected chi connectivity index (χ0v) is 15.4. The molecule has 0 radical (unpaired) electrons. The second-order valence-corrected chi connectivity index (χ2v) is 7.73. The molecule has 1 fully saturated rings. The quantitative estimate of drug-likeness (QED) is 0.779. The molecule has 26 heavy (non-hydrogen) atoms. The van der Waals surface area contributed by atoms with Gasteiger partial charge in [0.25, 0.3) is 10.0 Å². The molecule has 1 aromatic carbocycles. The zero-order valence-electron chi connectivity index (χ0n) is 14.6. The van der Waals surface area contributed by atoms with Crippen LogP contribution in [0.1, 0.15) is 20.7 Å². The smallest absolute Gasteiger partial charge is 0.263 e. The number of piperidine rings is 1. The summed E-state index contributed by atoms with van der Waals surface area (Å²) in [5.41, 5.74) is 1.38. The molecule has 0 amide bonds. The van der Waals surface area contributed by atoms with Crippen LogP contribution in [0.15, 0.2) is 60.6 Å². The third kappa shape index (κ3) is 3.77. The van der Waals surface area contributed by atoms with Crippen LogP contribution < -0.4 is 9.62 Å². The van der Waals surface area contributed by atoms with E-state index in [1.165, 1.54) is 24.6 Å². The molecule has 1 aliphatic heterocycles. The number of nitrogens with zero attached hydrogens (tertiary/aromatic N) is 3. The van der Waals surface area contributed by atoms with Gasteiger partial charge in [-0.05, 0) is 43.5 Å². The molecular formula is C19H24N4O2S. The summed E-state index contributed by atoms with van der Waals surface area (Å²) in [5, 5.41) is 0. The van der Waals surface area contributed by atoms with Crippen molar-refractivity contribution >= 4 is 32.7 Å². The lowest BCUT2D eigenvalue weighted by Gasteiger charge is -2.29. The molecule has 1 saturated heterocycles. The monoisotopic (exact) mass is 372 g/mol. The van der Waals surface area contributed by atoms with Crippen molar-refractivity contribution in [1.82, 2.24) is 9.97 Å². The number of hydrogen-bond donors (Lipinski definition) is 1. The maximum atomic E-state index is 12.7. The average Bonchev–Trinajstić information content (AvgIpc) is 2.65. The van der Waals surface area contributed by atoms with E-state index in [9.17, 15) is 8.42 Å². The van der Waals surface area contributed by atoms with Gasteiger partial charge < -0.3 is 4.90 Å². The largest absolute Gasteiger partial charge is 0.354 e. The van der Waals surface area contributed by atoms with Gasteiger partial charge in [-0.1, -0.05) is 31.4 Å². The number of rotatable bonds is 6. The minimum absolute atomic E-state index is 0. The van der Waals surface area contributed by atoms with E-state index < -0.39 is 10.0 Å². The first kappa shape index (κ1) is 18.1. The Kier molecular flexibility index (Phi) is 5.37. The summed E-state index contributed by atoms with van der Waals surface area (Å²) in [7, 11) is -3.82. The van der Waals surface area contributed by atoms with Crippen molar-refractivity contribution in [3.63, 3.8) is 0 Å². The molecule has 0 aliphatic carbocycles. The number of sulfonamides is 1. The fourth-order valence-electron chi connectivity index (χ4n) is 2.96. The Morgan fingerprint density at radius 2 is 1.77 bits per heavy atom. The number of allylic oxidation sites excluding steroid dienone is 3. The number of nitrogens with one attached hydrogen (secondary N) is 1. The normalized spacial score (nSPS) is 15.7. The predicted octanol–water partition coefficient (Wildman–Crippen LogP) is 3.86. The molecule has 0 unspecified atom stereocenters. The summed E-state index contributed by atoms with van der Waals surface area (Å²) in [4.78, 5) is 11.3. The fourth-order valence-corrected chi connectivity index (χ4v) is 3.96. The molecule has 1 N–H and O–H groups in total. The Balaban J connectivity index is 0.00000261. The highest BCUT2D eigenvalue weighted by Crippen LogP contribution is 2.29. The van der Waals surface area contributed by atoms with Crippen LogP contribution in [0.4, 0.5) is 11.6 Å². The third-order valence-corrected chi connectivity index (χ3v) is 5.62. The van der Waals surface area contributed by atoms with E-state index in [1.54, 1.807) is 0 Å². The molecule has 6 nitrogen and oxygen atoms in total. The van der Waals surface area contributed by atoms with Crippen molar-refractivity contribution < 1.29 is 9.84 Å². The van der Waals surface area contributed by atoms with Gasteiger partial charge >= 0.3 is 0 Å². The van der Waals surface area contributed by atoms with Gasteiger partial charge in [-0.3, -0.25) is 4.72 Å². The van der Waals surface area contributed by atoms with Crippen molar-refractivity contribution in [2.75, 3.05) is 22.7 Å². The summed E-state index contributed by atoms with van der Waals surface area (Å²) in [6, 6.07) is 7.43. The molecule has 1 aliphatic rings. The van der Waals surface area contributed by atoms with Crippen molar-refractivity contribution in [2.24, 2.45) is 0 Å². The van der Waals surface area contributed by atoms with Gasteiger partial charge in [-0.15, -0.1) is 0 Å². The van der Waals surface area contributed by atoms with Gasteiger partial charge in [-0.25, -0.2) is 18.4 Å². The van der Waals surface area contributed by atoms with Gasteiger partial charge in [0.15, 0.2) is 11.6 Å². The second kappa shape index (κ2) is 7.70. The summed E-state index contributed by atoms with van der Waals surface area (Å²) in [6.45, 7) is 8.78. The van der Waals surface area contributed by atoms with E-state index in [1.807, 2.05) is 24.3 Å². The highest BCUT2D eigenvalue weighted by molar-refractivity contribution is 7.96. The minimum atomic E-state index is -3.82. The van der Waals surface area contributed by atoms with Gasteiger partial charge in [0, 0.05) is 14.5 Å². The van der Waals surface area contributed by atoms with Crippen LogP contribution in [-0.2, 0) is 10.0 Å². The number of hydrogen-bond acceptors (Lipinski definition) is 5. The Morgan fingerprint density at radius 3 is 2.38 bits per heavy atom. The molecule has 7 heteroatoms. The molecule has 3 rings (SSSR count). The van der Waals surface area contributed by atoms with Gasteiger partial charge in [-0.2, -0.15) is 0 Å². The van der Waals surface area contributed by atoms with Crippen LogP contribution in [0.5, 0.6) is 0 Å². The van der Waals surface area contributed by atoms with Crippen LogP contribution in [0.25, 0.3) is 11.0 Å². The number of benzene rings is 1. The van der Waals surface area contributed by atoms with Crippen LogP contribution in [0.2, 0.25) is 0 Å². The molecule has 0 saturated carbocycles. The number of para-hydroxylation sites is 2. The van der Waals surface area contributed by atoms with Crippen LogP contribution in [-0.4, -0.2) is 31.5 Å². The molecule has 138 valence electrons. The predicted molar refractivity (Wildman–Crippen MR) is 109 cm³/mol. The van der Waals surface area contributed by atoms with E-state index >= 15 is 0 Å². The fraction of sp³-hybridized carbons (Fsp3) is 0.263. The summed E-state index contributed by atoms with van der Waals surface area (Å²) < 4.78 is 28.0. The number of anilines is 2. The van der Waals surface area contributed by atoms with Gasteiger partial charge in [0.05, 0.1) is 15.9 Å². The summed E-state index contributed by atoms with van der Waals surface area (Å²) in [5.74, 6) is 0.802. The van der Waals surface area contributed by atoms with Crippen molar-refractivity contribution in [2.45, 2.75) is 19.3 Å². The SMILES string of the molecule is C=C/C=C(\C=C)S(=O)(=O)Nc1nc2ccccc2nc1N1CCCCC1.[HH]. The Labute approximate surface area is 155 Å². The first-order valence-corrected chi connectivity index (χ1v) is 10.0. The van der Waals surface area contributed by atoms with Crippen LogP contribution in [0, 0.1) is 0 Å². The summed E-state index contributed by atoms with van der Waals surface area (Å²) in [6.07, 6.45) is 7.35. The maximum Gasteiger partial charge on any atom is 0.263 e. The first-order valence-electron chi connectivity index (χ1n) is 8.55. The van der Waals surface area contributed by atoms with Crippen molar-refractivity contribution in [1.29, 1.82) is 0 Å². The van der Waals surface area contributed by atoms with E-state index in [0.717, 1.165) is 31.4 Å². The lowest BCUT2D eigenvalue weighted by molar-refractivity contribution is 0.574. The second-order valence-electron chi connectivity index (χ2n) is 6.05. The molecule has 0 bridgehead atoms. The molecular weight excluding hydrogens is 348 g/mol. The average molecular weight is 372 g/mol. The Hall–Kier alpha value is -2.67. The molecule has 2 aromatic rings. The third-order valence-electron chi connectivity index (χ3n) is 4.23. The van der Waals surface area contributed by atoms with Gasteiger partial charge in [0.2, 0.25) is 0 Å². The number of fused-ring (bicyclic) bond motifs is 1. The Bertz CT molecular complexity index is 967. The highest BCUT2D eigenvalue weighted by Gasteiger charge is 2.23. The first-order chi connectivity index (χ1) is 12.5. The molecule has 0 atom stereocenters. The highest BCUT2D eigenvalue weighted by atomic mass is 32.2. The minimum Gasteiger partial charge on any atom is -0.354 e. The molecule has 2 heterocycles. The lowest BCUT2D eigenvalue weighted by Crippen LogP contribution is -2.31.